The SMILES string of the molecule is O=C(O)CCCOc1ccc(-c2cccc3c2OC2(CCCC2)O3)cc1. The highest BCUT2D eigenvalue weighted by Gasteiger charge is 2.44. The average Bonchev–Trinajstić information content (AvgIpc) is 3.25. The highest BCUT2D eigenvalue weighted by molar-refractivity contribution is 5.75. The third-order valence-corrected chi connectivity index (χ3v) is 4.90. The molecule has 1 aliphatic carbocycles. The van der Waals surface area contributed by atoms with Crippen LogP contribution >= 0.6 is 0 Å². The van der Waals surface area contributed by atoms with Crippen molar-refractivity contribution in [2.24, 2.45) is 0 Å². The summed E-state index contributed by atoms with van der Waals surface area (Å²) >= 11 is 0. The van der Waals surface area contributed by atoms with Crippen molar-refractivity contribution in [1.29, 1.82) is 0 Å². The van der Waals surface area contributed by atoms with E-state index in [1.54, 1.807) is 0 Å². The van der Waals surface area contributed by atoms with Crippen LogP contribution in [0.4, 0.5) is 0 Å². The van der Waals surface area contributed by atoms with E-state index in [0.29, 0.717) is 13.0 Å². The maximum Gasteiger partial charge on any atom is 0.303 e. The predicted molar refractivity (Wildman–Crippen MR) is 96.7 cm³/mol. The van der Waals surface area contributed by atoms with E-state index in [1.165, 1.54) is 0 Å². The summed E-state index contributed by atoms with van der Waals surface area (Å²) in [5, 5.41) is 8.65. The molecule has 0 aromatic heterocycles. The van der Waals surface area contributed by atoms with E-state index in [4.69, 9.17) is 19.3 Å². The van der Waals surface area contributed by atoms with Crippen LogP contribution in [-0.2, 0) is 4.79 Å². The summed E-state index contributed by atoms with van der Waals surface area (Å²) in [7, 11) is 0. The number of hydrogen-bond acceptors (Lipinski definition) is 4. The lowest BCUT2D eigenvalue weighted by molar-refractivity contribution is -0.137. The molecule has 1 heterocycles. The van der Waals surface area contributed by atoms with Crippen molar-refractivity contribution in [1.82, 2.24) is 0 Å². The van der Waals surface area contributed by atoms with Crippen LogP contribution in [0.3, 0.4) is 0 Å². The largest absolute Gasteiger partial charge is 0.494 e. The molecule has 26 heavy (non-hydrogen) atoms. The van der Waals surface area contributed by atoms with Crippen LogP contribution in [0.1, 0.15) is 38.5 Å². The third-order valence-electron chi connectivity index (χ3n) is 4.90. The number of aliphatic carboxylic acids is 1. The second-order valence-electron chi connectivity index (χ2n) is 6.82. The number of carboxylic acids is 1. The van der Waals surface area contributed by atoms with Gasteiger partial charge in [0.2, 0.25) is 0 Å². The van der Waals surface area contributed by atoms with Crippen molar-refractivity contribution >= 4 is 5.97 Å². The molecule has 4 rings (SSSR count). The number of benzene rings is 2. The third kappa shape index (κ3) is 3.34. The van der Waals surface area contributed by atoms with Crippen LogP contribution in [0.5, 0.6) is 17.2 Å². The molecule has 0 radical (unpaired) electrons. The van der Waals surface area contributed by atoms with Gasteiger partial charge in [-0.2, -0.15) is 0 Å². The highest BCUT2D eigenvalue weighted by Crippen LogP contribution is 2.50. The van der Waals surface area contributed by atoms with Gasteiger partial charge in [0.15, 0.2) is 11.5 Å². The topological polar surface area (TPSA) is 65.0 Å². The van der Waals surface area contributed by atoms with Crippen LogP contribution in [0.15, 0.2) is 42.5 Å². The second-order valence-corrected chi connectivity index (χ2v) is 6.82. The van der Waals surface area contributed by atoms with Crippen molar-refractivity contribution in [3.8, 4) is 28.4 Å². The molecule has 1 N–H and O–H groups in total. The van der Waals surface area contributed by atoms with E-state index in [9.17, 15) is 4.79 Å². The molecule has 2 aromatic carbocycles. The monoisotopic (exact) mass is 354 g/mol. The fourth-order valence-electron chi connectivity index (χ4n) is 3.60. The van der Waals surface area contributed by atoms with E-state index in [1.807, 2.05) is 42.5 Å². The van der Waals surface area contributed by atoms with Gasteiger partial charge in [0, 0.05) is 24.8 Å². The maximum absolute atomic E-state index is 10.5. The summed E-state index contributed by atoms with van der Waals surface area (Å²) in [5.41, 5.74) is 2.06. The first-order chi connectivity index (χ1) is 12.7. The van der Waals surface area contributed by atoms with E-state index in [2.05, 4.69) is 0 Å². The molecular formula is C21H22O5. The zero-order valence-electron chi connectivity index (χ0n) is 14.6. The Hall–Kier alpha value is -2.69. The Morgan fingerprint density at radius 3 is 2.58 bits per heavy atom. The Kier molecular flexibility index (Phi) is 4.45. The summed E-state index contributed by atoms with van der Waals surface area (Å²) in [4.78, 5) is 10.5. The van der Waals surface area contributed by atoms with Gasteiger partial charge in [-0.1, -0.05) is 24.3 Å². The van der Waals surface area contributed by atoms with Crippen LogP contribution < -0.4 is 14.2 Å². The lowest BCUT2D eigenvalue weighted by atomic mass is 10.0. The number of hydrogen-bond donors (Lipinski definition) is 1. The highest BCUT2D eigenvalue weighted by atomic mass is 16.7. The molecule has 1 aliphatic heterocycles. The standard InChI is InChI=1S/C21H22O5/c22-19(23)7-4-14-24-16-10-8-15(9-11-16)17-5-3-6-18-20(17)26-21(25-18)12-1-2-13-21/h3,5-6,8-11H,1-2,4,7,12-14H2,(H,22,23). The number of carbonyl (C=O) groups is 1. The minimum absolute atomic E-state index is 0.118. The van der Waals surface area contributed by atoms with Gasteiger partial charge >= 0.3 is 5.97 Å². The van der Waals surface area contributed by atoms with E-state index in [-0.39, 0.29) is 6.42 Å². The molecule has 0 amide bonds. The maximum atomic E-state index is 10.5. The van der Waals surface area contributed by atoms with Crippen LogP contribution in [-0.4, -0.2) is 23.5 Å². The number of rotatable bonds is 6. The second kappa shape index (κ2) is 6.90. The van der Waals surface area contributed by atoms with Crippen molar-refractivity contribution in [3.05, 3.63) is 42.5 Å². The van der Waals surface area contributed by atoms with Crippen molar-refractivity contribution in [2.75, 3.05) is 6.61 Å². The molecule has 1 spiro atoms. The molecule has 0 saturated heterocycles. The van der Waals surface area contributed by atoms with Gasteiger partial charge in [0.25, 0.3) is 5.79 Å². The minimum Gasteiger partial charge on any atom is -0.494 e. The van der Waals surface area contributed by atoms with Gasteiger partial charge in [-0.3, -0.25) is 4.79 Å². The molecule has 0 unspecified atom stereocenters. The summed E-state index contributed by atoms with van der Waals surface area (Å²) in [5.74, 6) is 1.11. The Balaban J connectivity index is 1.47. The van der Waals surface area contributed by atoms with Gasteiger partial charge in [0.1, 0.15) is 5.75 Å². The lowest BCUT2D eigenvalue weighted by Crippen LogP contribution is -2.34. The smallest absolute Gasteiger partial charge is 0.303 e. The van der Waals surface area contributed by atoms with Gasteiger partial charge < -0.3 is 19.3 Å². The van der Waals surface area contributed by atoms with Crippen LogP contribution in [0.2, 0.25) is 0 Å². The first-order valence-electron chi connectivity index (χ1n) is 9.11. The van der Waals surface area contributed by atoms with Gasteiger partial charge in [-0.25, -0.2) is 0 Å². The number of para-hydroxylation sites is 1. The minimum atomic E-state index is -0.802. The first-order valence-corrected chi connectivity index (χ1v) is 9.11. The zero-order valence-corrected chi connectivity index (χ0v) is 14.6. The van der Waals surface area contributed by atoms with Crippen molar-refractivity contribution in [3.63, 3.8) is 0 Å². The Bertz CT molecular complexity index is 791. The van der Waals surface area contributed by atoms with Crippen molar-refractivity contribution in [2.45, 2.75) is 44.3 Å². The molecular weight excluding hydrogens is 332 g/mol. The Labute approximate surface area is 152 Å². The Morgan fingerprint density at radius 1 is 1.08 bits per heavy atom. The molecule has 0 bridgehead atoms. The number of ether oxygens (including phenoxy) is 3. The van der Waals surface area contributed by atoms with Crippen molar-refractivity contribution < 1.29 is 24.1 Å². The lowest BCUT2D eigenvalue weighted by Gasteiger charge is -2.21. The van der Waals surface area contributed by atoms with Crippen LogP contribution in [0, 0.1) is 0 Å². The van der Waals surface area contributed by atoms with E-state index < -0.39 is 11.8 Å². The first kappa shape index (κ1) is 16.8. The molecule has 2 aromatic rings. The fourth-order valence-corrected chi connectivity index (χ4v) is 3.60. The van der Waals surface area contributed by atoms with Crippen LogP contribution in [0.25, 0.3) is 11.1 Å². The normalized spacial score (nSPS) is 16.8. The molecule has 1 fully saturated rings. The molecule has 2 aliphatic rings. The van der Waals surface area contributed by atoms with E-state index >= 15 is 0 Å². The summed E-state index contributed by atoms with van der Waals surface area (Å²) in [6.45, 7) is 0.395. The quantitative estimate of drug-likeness (QED) is 0.766. The number of carboxylic acid groups (broad SMARTS) is 1. The molecule has 0 atom stereocenters. The number of fused-ring (bicyclic) bond motifs is 1. The fraction of sp³-hybridized carbons (Fsp3) is 0.381. The molecule has 5 heteroatoms. The van der Waals surface area contributed by atoms with Gasteiger partial charge in [0.05, 0.1) is 6.61 Å². The van der Waals surface area contributed by atoms with Gasteiger partial charge in [-0.05, 0) is 43.0 Å². The molecule has 5 nitrogen and oxygen atoms in total. The molecule has 136 valence electrons. The molecule has 1 saturated carbocycles. The predicted octanol–water partition coefficient (Wildman–Crippen LogP) is 4.64. The Morgan fingerprint density at radius 2 is 1.85 bits per heavy atom. The summed E-state index contributed by atoms with van der Waals surface area (Å²) in [6.07, 6.45) is 4.76. The zero-order chi connectivity index (χ0) is 18.0. The van der Waals surface area contributed by atoms with Gasteiger partial charge in [-0.15, -0.1) is 0 Å². The summed E-state index contributed by atoms with van der Waals surface area (Å²) in [6, 6.07) is 13.8. The van der Waals surface area contributed by atoms with E-state index in [0.717, 1.165) is 54.1 Å². The average molecular weight is 354 g/mol. The summed E-state index contributed by atoms with van der Waals surface area (Å²) < 4.78 is 18.0.